The maximum atomic E-state index is 12.2. The maximum Gasteiger partial charge on any atom is 0.318 e. The van der Waals surface area contributed by atoms with Crippen LogP contribution in [0.4, 0.5) is 11.5 Å². The van der Waals surface area contributed by atoms with Gasteiger partial charge in [-0.3, -0.25) is 9.69 Å². The lowest BCUT2D eigenvalue weighted by atomic mass is 10.0. The number of piperazine rings is 1. The molecule has 230 valence electrons. The van der Waals surface area contributed by atoms with Crippen molar-refractivity contribution in [2.24, 2.45) is 0 Å². The summed E-state index contributed by atoms with van der Waals surface area (Å²) in [6, 6.07) is 12.1. The summed E-state index contributed by atoms with van der Waals surface area (Å²) >= 11 is 0. The predicted octanol–water partition coefficient (Wildman–Crippen LogP) is 3.86. The number of hydrogen-bond acceptors (Lipinski definition) is 9. The molecule has 10 heteroatoms. The van der Waals surface area contributed by atoms with Gasteiger partial charge in [0.25, 0.3) is 0 Å². The van der Waals surface area contributed by atoms with E-state index in [0.29, 0.717) is 45.3 Å². The summed E-state index contributed by atoms with van der Waals surface area (Å²) in [5.74, 6) is 1.10. The summed E-state index contributed by atoms with van der Waals surface area (Å²) in [7, 11) is 1.76. The Morgan fingerprint density at radius 1 is 1.12 bits per heavy atom. The van der Waals surface area contributed by atoms with E-state index in [4.69, 9.17) is 19.4 Å². The molecule has 1 fully saturated rings. The van der Waals surface area contributed by atoms with Crippen LogP contribution in [0.25, 0.3) is 10.8 Å². The molecule has 1 atom stereocenters. The second kappa shape index (κ2) is 14.1. The van der Waals surface area contributed by atoms with Crippen molar-refractivity contribution in [2.75, 3.05) is 75.9 Å². The lowest BCUT2D eigenvalue weighted by Gasteiger charge is -2.38. The normalized spacial score (nSPS) is 16.0. The maximum absolute atomic E-state index is 12.2. The number of benzene rings is 2. The fourth-order valence-electron chi connectivity index (χ4n) is 6.03. The summed E-state index contributed by atoms with van der Waals surface area (Å²) < 4.78 is 11.8. The Bertz CT molecular complexity index is 1420. The number of fused-ring (bicyclic) bond motifs is 2. The topological polar surface area (TPSA) is 94.5 Å². The van der Waals surface area contributed by atoms with Crippen molar-refractivity contribution in [3.63, 3.8) is 0 Å². The number of rotatable bonds is 12. The molecule has 0 aliphatic carbocycles. The molecule has 0 radical (unpaired) electrons. The van der Waals surface area contributed by atoms with Gasteiger partial charge in [0, 0.05) is 75.6 Å². The lowest BCUT2D eigenvalue weighted by Crippen LogP contribution is -2.49. The van der Waals surface area contributed by atoms with Crippen LogP contribution in [0.1, 0.15) is 31.5 Å². The third kappa shape index (κ3) is 7.02. The van der Waals surface area contributed by atoms with E-state index < -0.39 is 0 Å². The number of methoxy groups -OCH3 is 1. The molecular formula is C33H44N6O4. The van der Waals surface area contributed by atoms with Crippen LogP contribution in [0.15, 0.2) is 49.1 Å². The fourth-order valence-corrected chi connectivity index (χ4v) is 6.03. The molecule has 1 N–H and O–H groups in total. The summed E-state index contributed by atoms with van der Waals surface area (Å²) in [5, 5.41) is 12.6. The zero-order chi connectivity index (χ0) is 30.3. The first-order valence-electron chi connectivity index (χ1n) is 15.3. The minimum atomic E-state index is -0.0402. The molecule has 1 amide bonds. The molecule has 0 saturated carbocycles. The molecule has 0 bridgehead atoms. The van der Waals surface area contributed by atoms with Crippen molar-refractivity contribution >= 4 is 28.2 Å². The molecule has 2 aliphatic rings. The number of likely N-dealkylation sites (N-methyl/N-ethyl adjacent to an activating group) is 1. The van der Waals surface area contributed by atoms with Crippen LogP contribution in [0.5, 0.6) is 11.8 Å². The molecule has 3 heterocycles. The van der Waals surface area contributed by atoms with Crippen molar-refractivity contribution in [3.8, 4) is 11.8 Å². The van der Waals surface area contributed by atoms with Gasteiger partial charge in [0.05, 0.1) is 18.3 Å². The Labute approximate surface area is 254 Å². The Kier molecular flexibility index (Phi) is 9.99. The van der Waals surface area contributed by atoms with Crippen molar-refractivity contribution < 1.29 is 19.4 Å². The van der Waals surface area contributed by atoms with Gasteiger partial charge in [-0.1, -0.05) is 44.7 Å². The second-order valence-electron chi connectivity index (χ2n) is 11.1. The van der Waals surface area contributed by atoms with Crippen molar-refractivity contribution in [3.05, 3.63) is 60.3 Å². The number of ether oxygens (including phenoxy) is 2. The number of nitrogens with zero attached hydrogens (tertiary/aromatic N) is 6. The SMILES string of the molecule is C=CC(=O)N1CCN(c2nc(OCCN(CC)CC(CC)OC)nc3c2CCN(c2cc(O)cc4ccccc24)C3)CC1. The van der Waals surface area contributed by atoms with E-state index in [0.717, 1.165) is 72.6 Å². The largest absolute Gasteiger partial charge is 0.508 e. The highest BCUT2D eigenvalue weighted by atomic mass is 16.5. The molecule has 2 aromatic carbocycles. The Balaban J connectivity index is 1.40. The van der Waals surface area contributed by atoms with E-state index >= 15 is 0 Å². The number of phenolic OH excluding ortho intramolecular Hbond substituents is 1. The van der Waals surface area contributed by atoms with Gasteiger partial charge >= 0.3 is 6.01 Å². The number of aromatic nitrogens is 2. The van der Waals surface area contributed by atoms with E-state index in [1.54, 1.807) is 13.2 Å². The number of hydrogen-bond donors (Lipinski definition) is 1. The van der Waals surface area contributed by atoms with Crippen LogP contribution in [-0.4, -0.2) is 103 Å². The average molecular weight is 589 g/mol. The van der Waals surface area contributed by atoms with Gasteiger partial charge in [0.2, 0.25) is 5.91 Å². The smallest absolute Gasteiger partial charge is 0.318 e. The monoisotopic (exact) mass is 588 g/mol. The van der Waals surface area contributed by atoms with Crippen LogP contribution in [0, 0.1) is 0 Å². The molecule has 43 heavy (non-hydrogen) atoms. The molecule has 1 unspecified atom stereocenters. The third-order valence-corrected chi connectivity index (χ3v) is 8.59. The quantitative estimate of drug-likeness (QED) is 0.317. The van der Waals surface area contributed by atoms with Crippen molar-refractivity contribution in [1.82, 2.24) is 19.8 Å². The van der Waals surface area contributed by atoms with Gasteiger partial charge in [0.1, 0.15) is 18.2 Å². The number of carbonyl (C=O) groups excluding carboxylic acids is 1. The number of phenols is 1. The molecule has 10 nitrogen and oxygen atoms in total. The third-order valence-electron chi connectivity index (χ3n) is 8.59. The Morgan fingerprint density at radius 3 is 2.63 bits per heavy atom. The molecule has 1 aromatic heterocycles. The summed E-state index contributed by atoms with van der Waals surface area (Å²) in [6.07, 6.45) is 3.29. The minimum absolute atomic E-state index is 0.0402. The predicted molar refractivity (Wildman–Crippen MR) is 170 cm³/mol. The highest BCUT2D eigenvalue weighted by molar-refractivity contribution is 5.95. The Hall–Kier alpha value is -3.89. The first-order valence-corrected chi connectivity index (χ1v) is 15.3. The number of aromatic hydroxyl groups is 1. The first kappa shape index (κ1) is 30.6. The minimum Gasteiger partial charge on any atom is -0.508 e. The highest BCUT2D eigenvalue weighted by Crippen LogP contribution is 2.36. The molecule has 0 spiro atoms. The van der Waals surface area contributed by atoms with Gasteiger partial charge < -0.3 is 29.3 Å². The van der Waals surface area contributed by atoms with Gasteiger partial charge in [0.15, 0.2) is 0 Å². The second-order valence-corrected chi connectivity index (χ2v) is 11.1. The molecule has 5 rings (SSSR count). The summed E-state index contributed by atoms with van der Waals surface area (Å²) in [6.45, 7) is 14.8. The zero-order valence-electron chi connectivity index (χ0n) is 25.7. The average Bonchev–Trinajstić information content (AvgIpc) is 3.05. The van der Waals surface area contributed by atoms with Gasteiger partial charge in [-0.05, 0) is 36.9 Å². The lowest BCUT2D eigenvalue weighted by molar-refractivity contribution is -0.126. The van der Waals surface area contributed by atoms with Gasteiger partial charge in [-0.2, -0.15) is 9.97 Å². The molecule has 1 saturated heterocycles. The summed E-state index contributed by atoms with van der Waals surface area (Å²) in [4.78, 5) is 30.8. The van der Waals surface area contributed by atoms with Crippen LogP contribution in [0.2, 0.25) is 0 Å². The summed E-state index contributed by atoms with van der Waals surface area (Å²) in [5.41, 5.74) is 3.04. The molecular weight excluding hydrogens is 544 g/mol. The van der Waals surface area contributed by atoms with Crippen LogP contribution < -0.4 is 14.5 Å². The van der Waals surface area contributed by atoms with E-state index in [2.05, 4.69) is 41.2 Å². The Morgan fingerprint density at radius 2 is 1.91 bits per heavy atom. The van der Waals surface area contributed by atoms with E-state index in [-0.39, 0.29) is 17.8 Å². The number of anilines is 2. The van der Waals surface area contributed by atoms with E-state index in [1.807, 2.05) is 29.2 Å². The van der Waals surface area contributed by atoms with E-state index in [9.17, 15) is 9.90 Å². The highest BCUT2D eigenvalue weighted by Gasteiger charge is 2.29. The van der Waals surface area contributed by atoms with E-state index in [1.165, 1.54) is 6.08 Å². The molecule has 2 aliphatic heterocycles. The van der Waals surface area contributed by atoms with Crippen molar-refractivity contribution in [1.29, 1.82) is 0 Å². The van der Waals surface area contributed by atoms with Crippen LogP contribution in [-0.2, 0) is 22.5 Å². The zero-order valence-corrected chi connectivity index (χ0v) is 25.7. The van der Waals surface area contributed by atoms with Gasteiger partial charge in [-0.25, -0.2) is 0 Å². The van der Waals surface area contributed by atoms with Gasteiger partial charge in [-0.15, -0.1) is 0 Å². The standard InChI is InChI=1S/C33H44N6O4/c1-5-26(42-4)22-36(7-3)18-19-43-33-34-29-23-39(30-21-25(40)20-24-10-8-9-11-27(24)30)13-12-28(29)32(35-33)38-16-14-37(15-17-38)31(41)6-2/h6,8-11,20-21,26,40H,2,5,7,12-19,22-23H2,1,3-4H3. The molecule has 3 aromatic rings. The number of amides is 1. The van der Waals surface area contributed by atoms with Crippen LogP contribution in [0.3, 0.4) is 0 Å². The van der Waals surface area contributed by atoms with Crippen molar-refractivity contribution in [2.45, 2.75) is 39.3 Å². The number of carbonyl (C=O) groups is 1. The van der Waals surface area contributed by atoms with Crippen LogP contribution >= 0.6 is 0 Å². The first-order chi connectivity index (χ1) is 20.9. The fraction of sp³-hybridized carbons (Fsp3) is 0.485.